The van der Waals surface area contributed by atoms with Crippen molar-refractivity contribution in [2.75, 3.05) is 18.4 Å². The Hall–Kier alpha value is -3.04. The molecular formula is C22H25F3N4O6S2. The number of ether oxygens (including phenoxy) is 1. The average molecular weight is 563 g/mol. The number of rotatable bonds is 11. The molecule has 0 radical (unpaired) electrons. The van der Waals surface area contributed by atoms with Gasteiger partial charge < -0.3 is 15.4 Å². The Morgan fingerprint density at radius 1 is 1.19 bits per heavy atom. The lowest BCUT2D eigenvalue weighted by Gasteiger charge is -2.18. The number of amides is 1. The van der Waals surface area contributed by atoms with E-state index in [1.54, 1.807) is 0 Å². The summed E-state index contributed by atoms with van der Waals surface area (Å²) >= 11 is 0.799. The van der Waals surface area contributed by atoms with Gasteiger partial charge in [0.15, 0.2) is 0 Å². The molecule has 1 aliphatic rings. The van der Waals surface area contributed by atoms with E-state index < -0.39 is 46.6 Å². The topological polar surface area (TPSA) is 144 Å². The average Bonchev–Trinajstić information content (AvgIpc) is 3.40. The summed E-state index contributed by atoms with van der Waals surface area (Å²) in [7, 11) is -4.33. The second-order valence-corrected chi connectivity index (χ2v) is 11.1. The van der Waals surface area contributed by atoms with Crippen LogP contribution in [-0.2, 0) is 42.0 Å². The van der Waals surface area contributed by atoms with E-state index in [9.17, 15) is 36.0 Å². The van der Waals surface area contributed by atoms with Crippen molar-refractivity contribution in [2.45, 2.75) is 55.0 Å². The Balaban J connectivity index is 1.51. The van der Waals surface area contributed by atoms with Crippen LogP contribution in [0.5, 0.6) is 0 Å². The van der Waals surface area contributed by atoms with Crippen LogP contribution in [0.3, 0.4) is 0 Å². The minimum atomic E-state index is -5.46. The van der Waals surface area contributed by atoms with Gasteiger partial charge in [0.1, 0.15) is 16.1 Å². The van der Waals surface area contributed by atoms with Crippen LogP contribution in [-0.4, -0.2) is 56.6 Å². The van der Waals surface area contributed by atoms with Crippen LogP contribution in [0.2, 0.25) is 0 Å². The van der Waals surface area contributed by atoms with Gasteiger partial charge in [-0.2, -0.15) is 17.9 Å². The molecule has 0 fully saturated rings. The largest absolute Gasteiger partial charge is 0.491 e. The molecule has 0 aromatic carbocycles. The molecular weight excluding hydrogens is 537 g/mol. The quantitative estimate of drug-likeness (QED) is 0.215. The molecule has 0 aliphatic carbocycles. The first-order valence-electron chi connectivity index (χ1n) is 11.3. The number of nitrogens with zero attached hydrogens (tertiary/aromatic N) is 1. The number of halogens is 3. The summed E-state index contributed by atoms with van der Waals surface area (Å²) in [5.74, 6) is -4.28. The van der Waals surface area contributed by atoms with Crippen molar-refractivity contribution in [1.82, 2.24) is 15.0 Å². The highest BCUT2D eigenvalue weighted by Gasteiger charge is 2.44. The van der Waals surface area contributed by atoms with Gasteiger partial charge in [0.05, 0.1) is 0 Å². The van der Waals surface area contributed by atoms with Gasteiger partial charge in [0.2, 0.25) is 5.91 Å². The van der Waals surface area contributed by atoms with E-state index >= 15 is 0 Å². The van der Waals surface area contributed by atoms with Crippen molar-refractivity contribution in [3.8, 4) is 0 Å². The number of sulfonamides is 1. The molecule has 1 atom stereocenters. The second kappa shape index (κ2) is 12.5. The fourth-order valence-electron chi connectivity index (χ4n) is 3.46. The number of thiophene rings is 1. The Labute approximate surface area is 215 Å². The number of pyridine rings is 1. The van der Waals surface area contributed by atoms with Crippen molar-refractivity contribution < 1.29 is 40.7 Å². The zero-order valence-corrected chi connectivity index (χ0v) is 21.1. The van der Waals surface area contributed by atoms with Gasteiger partial charge in [-0.15, -0.1) is 11.3 Å². The van der Waals surface area contributed by atoms with E-state index in [1.807, 2.05) is 16.9 Å². The Morgan fingerprint density at radius 3 is 2.68 bits per heavy atom. The van der Waals surface area contributed by atoms with Gasteiger partial charge in [-0.1, -0.05) is 12.1 Å². The van der Waals surface area contributed by atoms with Gasteiger partial charge in [0.25, 0.3) is 10.0 Å². The smallest absolute Gasteiger partial charge is 0.385 e. The minimum Gasteiger partial charge on any atom is -0.385 e. The van der Waals surface area contributed by atoms with Crippen molar-refractivity contribution in [2.24, 2.45) is 0 Å². The number of hydrogen-bond acceptors (Lipinski definition) is 9. The number of fused-ring (bicyclic) bond motifs is 1. The van der Waals surface area contributed by atoms with Crippen LogP contribution >= 0.6 is 11.3 Å². The fraction of sp³-hybridized carbons (Fsp3) is 0.455. The molecule has 0 spiro atoms. The minimum absolute atomic E-state index is 0.0180. The molecule has 10 nitrogen and oxygen atoms in total. The Kier molecular flexibility index (Phi) is 9.62. The van der Waals surface area contributed by atoms with E-state index in [2.05, 4.69) is 20.4 Å². The van der Waals surface area contributed by atoms with Crippen LogP contribution in [0.15, 0.2) is 33.9 Å². The maximum atomic E-state index is 12.5. The SMILES string of the molecule is O=C(CCCCc1ccc2c(n1)NCCC2)NC[C@H](NS(=O)(=O)c1cccs1)C(=O)OC(=O)C(F)(F)F. The highest BCUT2D eigenvalue weighted by atomic mass is 32.2. The summed E-state index contributed by atoms with van der Waals surface area (Å²) in [5, 5.41) is 6.99. The number of aryl methyl sites for hydroxylation is 2. The monoisotopic (exact) mass is 562 g/mol. The normalized spacial score (nSPS) is 14.2. The summed E-state index contributed by atoms with van der Waals surface area (Å²) in [4.78, 5) is 40.0. The maximum Gasteiger partial charge on any atom is 0.491 e. The second-order valence-electron chi connectivity index (χ2n) is 8.16. The molecule has 202 valence electrons. The highest BCUT2D eigenvalue weighted by molar-refractivity contribution is 7.91. The number of hydrogen-bond donors (Lipinski definition) is 3. The lowest BCUT2D eigenvalue weighted by atomic mass is 10.1. The first kappa shape index (κ1) is 28.5. The van der Waals surface area contributed by atoms with Crippen molar-refractivity contribution in [3.63, 3.8) is 0 Å². The molecule has 0 saturated carbocycles. The predicted octanol–water partition coefficient (Wildman–Crippen LogP) is 2.31. The third-order valence-corrected chi connectivity index (χ3v) is 8.18. The molecule has 0 bridgehead atoms. The van der Waals surface area contributed by atoms with E-state index in [4.69, 9.17) is 0 Å². The summed E-state index contributed by atoms with van der Waals surface area (Å²) in [6.45, 7) is 0.150. The summed E-state index contributed by atoms with van der Waals surface area (Å²) in [6, 6.07) is 4.62. The van der Waals surface area contributed by atoms with Crippen molar-refractivity contribution >= 4 is 45.0 Å². The van der Waals surface area contributed by atoms with Gasteiger partial charge in [0, 0.05) is 25.2 Å². The van der Waals surface area contributed by atoms with Crippen LogP contribution in [0, 0.1) is 0 Å². The van der Waals surface area contributed by atoms with Crippen molar-refractivity contribution in [3.05, 3.63) is 40.9 Å². The van der Waals surface area contributed by atoms with Crippen molar-refractivity contribution in [1.29, 1.82) is 0 Å². The number of esters is 2. The molecule has 3 rings (SSSR count). The highest BCUT2D eigenvalue weighted by Crippen LogP contribution is 2.21. The first-order chi connectivity index (χ1) is 17.5. The number of alkyl halides is 3. The van der Waals surface area contributed by atoms with Gasteiger partial charge in [-0.25, -0.2) is 23.0 Å². The van der Waals surface area contributed by atoms with Crippen LogP contribution in [0.4, 0.5) is 19.0 Å². The Morgan fingerprint density at radius 2 is 1.97 bits per heavy atom. The summed E-state index contributed by atoms with van der Waals surface area (Å²) < 4.78 is 67.8. The molecule has 3 heterocycles. The maximum absolute atomic E-state index is 12.5. The summed E-state index contributed by atoms with van der Waals surface area (Å²) in [6.07, 6.45) is -1.73. The fourth-order valence-corrected chi connectivity index (χ4v) is 5.65. The molecule has 2 aromatic rings. The van der Waals surface area contributed by atoms with Gasteiger partial charge in [-0.3, -0.25) is 4.79 Å². The lowest BCUT2D eigenvalue weighted by molar-refractivity contribution is -0.202. The van der Waals surface area contributed by atoms with E-state index in [0.717, 1.165) is 47.8 Å². The number of carbonyl (C=O) groups is 3. The first-order valence-corrected chi connectivity index (χ1v) is 13.7. The zero-order chi connectivity index (χ0) is 27.1. The number of anilines is 1. The molecule has 2 aromatic heterocycles. The van der Waals surface area contributed by atoms with Crippen LogP contribution in [0.1, 0.15) is 36.9 Å². The molecule has 1 amide bonds. The van der Waals surface area contributed by atoms with Crippen LogP contribution in [0.25, 0.3) is 0 Å². The molecule has 3 N–H and O–H groups in total. The molecule has 37 heavy (non-hydrogen) atoms. The third kappa shape index (κ3) is 8.50. The molecule has 15 heteroatoms. The predicted molar refractivity (Wildman–Crippen MR) is 127 cm³/mol. The molecule has 1 aliphatic heterocycles. The van der Waals surface area contributed by atoms with E-state index in [0.29, 0.717) is 19.3 Å². The lowest BCUT2D eigenvalue weighted by Crippen LogP contribution is -2.50. The molecule has 0 unspecified atom stereocenters. The number of unbranched alkanes of at least 4 members (excludes halogenated alkanes) is 1. The number of carbonyl (C=O) groups excluding carboxylic acids is 3. The standard InChI is InChI=1S/C22H25F3N4O6S2/c23-22(24,25)21(32)35-20(31)16(29-37(33,34)18-8-4-12-36-18)13-27-17(30)7-2-1-6-15-10-9-14-5-3-11-26-19(14)28-15/h4,8-10,12,16,29H,1-3,5-7,11,13H2,(H,26,28)(H,27,30)/t16-/m0/s1. The van der Waals surface area contributed by atoms with Crippen LogP contribution < -0.4 is 15.4 Å². The third-order valence-electron chi connectivity index (χ3n) is 5.31. The van der Waals surface area contributed by atoms with E-state index in [-0.39, 0.29) is 10.6 Å². The number of nitrogens with one attached hydrogen (secondary N) is 3. The van der Waals surface area contributed by atoms with Gasteiger partial charge >= 0.3 is 18.1 Å². The van der Waals surface area contributed by atoms with Gasteiger partial charge in [-0.05, 0) is 55.2 Å². The molecule has 0 saturated heterocycles. The Bertz CT molecular complexity index is 1220. The summed E-state index contributed by atoms with van der Waals surface area (Å²) in [5.41, 5.74) is 2.03. The van der Waals surface area contributed by atoms with E-state index in [1.165, 1.54) is 17.5 Å². The zero-order valence-electron chi connectivity index (χ0n) is 19.5. The number of aromatic nitrogens is 1.